The minimum absolute atomic E-state index is 0.922. The maximum absolute atomic E-state index is 4.79. The van der Waals surface area contributed by atoms with Crippen molar-refractivity contribution in [1.29, 1.82) is 0 Å². The third kappa shape index (κ3) is 8.61. The predicted octanol–water partition coefficient (Wildman–Crippen LogP) is 4.44. The average Bonchev–Trinajstić information content (AvgIpc) is 2.04. The van der Waals surface area contributed by atoms with Crippen LogP contribution in [0.3, 0.4) is 0 Å². The van der Waals surface area contributed by atoms with Crippen molar-refractivity contribution in [3.05, 3.63) is 0 Å². The van der Waals surface area contributed by atoms with Gasteiger partial charge in [0.05, 0.1) is 0 Å². The van der Waals surface area contributed by atoms with Gasteiger partial charge in [0.1, 0.15) is 0 Å². The topological polar surface area (TPSA) is 0 Å². The van der Waals surface area contributed by atoms with Crippen molar-refractivity contribution < 1.29 is 0 Å². The molecule has 0 aliphatic heterocycles. The highest BCUT2D eigenvalue weighted by Crippen LogP contribution is 2.14. The summed E-state index contributed by atoms with van der Waals surface area (Å²) in [6.45, 7) is 4.60. The molecule has 2 heteroatoms. The summed E-state index contributed by atoms with van der Waals surface area (Å²) >= 11 is 4.79. The molecule has 0 aromatic heterocycles. The second-order valence-corrected chi connectivity index (χ2v) is 4.54. The van der Waals surface area contributed by atoms with Crippen LogP contribution in [0, 0.1) is 5.92 Å². The van der Waals surface area contributed by atoms with Gasteiger partial charge < -0.3 is 0 Å². The van der Waals surface area contributed by atoms with Gasteiger partial charge in [-0.2, -0.15) is 0 Å². The first kappa shape index (κ1) is 11.7. The van der Waals surface area contributed by atoms with Crippen LogP contribution in [0.4, 0.5) is 0 Å². The molecule has 1 unspecified atom stereocenters. The van der Waals surface area contributed by atoms with Crippen molar-refractivity contribution >= 4 is 22.5 Å². The fraction of sp³-hybridized carbons (Fsp3) is 1.00. The second kappa shape index (κ2) is 8.79. The Labute approximate surface area is 80.3 Å². The van der Waals surface area contributed by atoms with E-state index in [2.05, 4.69) is 13.8 Å². The van der Waals surface area contributed by atoms with Gasteiger partial charge in [-0.25, -0.2) is 0 Å². The minimum Gasteiger partial charge on any atom is -0.0817 e. The molecule has 0 rings (SSSR count). The van der Waals surface area contributed by atoms with Gasteiger partial charge in [0.25, 0.3) is 0 Å². The van der Waals surface area contributed by atoms with Crippen LogP contribution >= 0.6 is 22.5 Å². The first-order chi connectivity index (χ1) is 5.31. The molecule has 0 amide bonds. The number of hydrogen-bond acceptors (Lipinski definition) is 1. The van der Waals surface area contributed by atoms with E-state index in [-0.39, 0.29) is 0 Å². The summed E-state index contributed by atoms with van der Waals surface area (Å²) in [5.74, 6) is 2.08. The molecule has 0 saturated carbocycles. The van der Waals surface area contributed by atoms with E-state index < -0.39 is 0 Å². The van der Waals surface area contributed by atoms with Gasteiger partial charge in [0.15, 0.2) is 0 Å². The lowest BCUT2D eigenvalue weighted by Gasteiger charge is -2.06. The Kier molecular flexibility index (Phi) is 9.35. The van der Waals surface area contributed by atoms with E-state index >= 15 is 0 Å². The Bertz CT molecular complexity index is 74.0. The summed E-state index contributed by atoms with van der Waals surface area (Å²) < 4.78 is 0. The molecule has 0 bridgehead atoms. The molecule has 0 aliphatic rings. The zero-order chi connectivity index (χ0) is 8.53. The van der Waals surface area contributed by atoms with Gasteiger partial charge in [0, 0.05) is 5.75 Å². The van der Waals surface area contributed by atoms with Crippen LogP contribution in [0.1, 0.15) is 46.0 Å². The number of hydrogen-bond donors (Lipinski definition) is 0. The molecule has 0 aliphatic carbocycles. The monoisotopic (exact) mass is 191 g/mol. The fourth-order valence-electron chi connectivity index (χ4n) is 1.03. The fourth-order valence-corrected chi connectivity index (χ4v) is 1.71. The van der Waals surface area contributed by atoms with Crippen LogP contribution in [0.25, 0.3) is 0 Å². The summed E-state index contributed by atoms with van der Waals surface area (Å²) in [6, 6.07) is 0. The molecule has 0 fully saturated rings. The predicted molar refractivity (Wildman–Crippen MR) is 58.0 cm³/mol. The van der Waals surface area contributed by atoms with E-state index in [4.69, 9.17) is 11.7 Å². The van der Waals surface area contributed by atoms with Gasteiger partial charge >= 0.3 is 0 Å². The molecule has 11 heavy (non-hydrogen) atoms. The molecular weight excluding hydrogens is 172 g/mol. The molecule has 67 valence electrons. The molecule has 0 heterocycles. The number of unbranched alkanes of at least 4 members (excludes halogenated alkanes) is 2. The van der Waals surface area contributed by atoms with Crippen molar-refractivity contribution in [2.24, 2.45) is 5.92 Å². The summed E-state index contributed by atoms with van der Waals surface area (Å²) in [6.07, 6.45) is 6.80. The van der Waals surface area contributed by atoms with Crippen LogP contribution in [0.5, 0.6) is 0 Å². The van der Waals surface area contributed by atoms with Crippen molar-refractivity contribution in [3.63, 3.8) is 0 Å². The normalized spacial score (nSPS) is 13.4. The number of rotatable bonds is 7. The smallest absolute Gasteiger partial charge is 0.00454 e. The summed E-state index contributed by atoms with van der Waals surface area (Å²) in [5.41, 5.74) is 0. The third-order valence-corrected chi connectivity index (χ3v) is 3.08. The van der Waals surface area contributed by atoms with Crippen molar-refractivity contribution in [3.8, 4) is 0 Å². The quantitative estimate of drug-likeness (QED) is 0.423. The average molecular weight is 191 g/mol. The summed E-state index contributed by atoms with van der Waals surface area (Å²) in [4.78, 5) is 0. The molecular formula is C9H19S2. The van der Waals surface area contributed by atoms with Gasteiger partial charge in [0.2, 0.25) is 0 Å². The Morgan fingerprint density at radius 1 is 1.27 bits per heavy atom. The van der Waals surface area contributed by atoms with Crippen molar-refractivity contribution in [2.75, 3.05) is 5.75 Å². The Morgan fingerprint density at radius 3 is 2.55 bits per heavy atom. The SMILES string of the molecule is CCC(C)CCCCCS[S]. The molecule has 1 radical (unpaired) electrons. The Hall–Kier alpha value is 0.700. The van der Waals surface area contributed by atoms with Crippen LogP contribution in [0.15, 0.2) is 0 Å². The second-order valence-electron chi connectivity index (χ2n) is 3.18. The van der Waals surface area contributed by atoms with Crippen molar-refractivity contribution in [2.45, 2.75) is 46.0 Å². The van der Waals surface area contributed by atoms with E-state index in [0.717, 1.165) is 11.7 Å². The Balaban J connectivity index is 2.89. The van der Waals surface area contributed by atoms with Gasteiger partial charge in [-0.05, 0) is 24.0 Å². The maximum atomic E-state index is 4.79. The zero-order valence-corrected chi connectivity index (χ0v) is 9.27. The highest BCUT2D eigenvalue weighted by Gasteiger charge is 1.97. The maximum Gasteiger partial charge on any atom is 0.00454 e. The van der Waals surface area contributed by atoms with E-state index in [1.165, 1.54) is 32.1 Å². The summed E-state index contributed by atoms with van der Waals surface area (Å²) in [7, 11) is 1.55. The van der Waals surface area contributed by atoms with Gasteiger partial charge in [-0.15, -0.1) is 0 Å². The highest BCUT2D eigenvalue weighted by atomic mass is 33.1. The van der Waals surface area contributed by atoms with Crippen LogP contribution in [0.2, 0.25) is 0 Å². The lowest BCUT2D eigenvalue weighted by molar-refractivity contribution is 0.483. The van der Waals surface area contributed by atoms with Crippen LogP contribution in [-0.2, 0) is 0 Å². The van der Waals surface area contributed by atoms with Crippen LogP contribution in [-0.4, -0.2) is 5.75 Å². The molecule has 0 N–H and O–H groups in total. The first-order valence-electron chi connectivity index (χ1n) is 4.56. The van der Waals surface area contributed by atoms with E-state index in [1.54, 1.807) is 10.8 Å². The molecule has 0 aromatic carbocycles. The molecule has 0 nitrogen and oxygen atoms in total. The third-order valence-electron chi connectivity index (χ3n) is 2.12. The Morgan fingerprint density at radius 2 is 2.00 bits per heavy atom. The molecule has 0 aromatic rings. The molecule has 0 spiro atoms. The van der Waals surface area contributed by atoms with E-state index in [1.807, 2.05) is 0 Å². The van der Waals surface area contributed by atoms with E-state index in [0.29, 0.717) is 0 Å². The molecule has 0 saturated heterocycles. The minimum atomic E-state index is 0.922. The lowest BCUT2D eigenvalue weighted by atomic mass is 10.0. The van der Waals surface area contributed by atoms with E-state index in [9.17, 15) is 0 Å². The largest absolute Gasteiger partial charge is 0.0817 e. The van der Waals surface area contributed by atoms with Crippen molar-refractivity contribution in [1.82, 2.24) is 0 Å². The van der Waals surface area contributed by atoms with Gasteiger partial charge in [-0.1, -0.05) is 50.3 Å². The lowest BCUT2D eigenvalue weighted by Crippen LogP contribution is -1.91. The van der Waals surface area contributed by atoms with Crippen LogP contribution < -0.4 is 0 Å². The highest BCUT2D eigenvalue weighted by molar-refractivity contribution is 8.68. The first-order valence-corrected chi connectivity index (χ1v) is 6.47. The van der Waals surface area contributed by atoms with Gasteiger partial charge in [-0.3, -0.25) is 0 Å². The standard InChI is InChI=1S/C9H19S2/c1-3-9(2)7-5-4-6-8-11-10/h9H,3-8H2,1-2H3. The zero-order valence-electron chi connectivity index (χ0n) is 7.64. The summed E-state index contributed by atoms with van der Waals surface area (Å²) in [5, 5.41) is 0. The molecule has 1 atom stereocenters.